The molecule has 0 fully saturated rings. The first-order chi connectivity index (χ1) is 27.3. The van der Waals surface area contributed by atoms with Gasteiger partial charge in [-0.05, 0) is 102 Å². The molecule has 0 aliphatic heterocycles. The van der Waals surface area contributed by atoms with Crippen molar-refractivity contribution in [3.05, 3.63) is 101 Å². The number of aryl methyl sites for hydroxylation is 2. The van der Waals surface area contributed by atoms with E-state index < -0.39 is 0 Å². The first-order valence-corrected chi connectivity index (χ1v) is 22.0. The van der Waals surface area contributed by atoms with E-state index in [1.54, 1.807) is 0 Å². The third kappa shape index (κ3) is 10.9. The Morgan fingerprint density at radius 1 is 0.518 bits per heavy atom. The van der Waals surface area contributed by atoms with Crippen molar-refractivity contribution < 1.29 is 10.2 Å². The van der Waals surface area contributed by atoms with Gasteiger partial charge in [0.2, 0.25) is 0 Å². The normalized spacial score (nSPS) is 12.6. The minimum absolute atomic E-state index is 0.258. The molecule has 0 spiro atoms. The van der Waals surface area contributed by atoms with Crippen molar-refractivity contribution in [2.75, 3.05) is 0 Å². The fourth-order valence-corrected chi connectivity index (χ4v) is 8.32. The van der Waals surface area contributed by atoms with Crippen LogP contribution in [-0.4, -0.2) is 29.7 Å². The molecule has 6 heteroatoms. The number of nitrogens with zero attached hydrogens (tertiary/aromatic N) is 4. The van der Waals surface area contributed by atoms with Crippen LogP contribution in [0.2, 0.25) is 0 Å². The summed E-state index contributed by atoms with van der Waals surface area (Å²) in [6, 6.07) is 22.8. The monoisotopic (exact) mass is 757 g/mol. The van der Waals surface area contributed by atoms with Gasteiger partial charge in [-0.25, -0.2) is 15.0 Å². The molecular formula is C50H68N4O2. The number of phenols is 2. The van der Waals surface area contributed by atoms with Gasteiger partial charge >= 0.3 is 0 Å². The second kappa shape index (κ2) is 21.7. The lowest BCUT2D eigenvalue weighted by molar-refractivity contribution is 0.420. The maximum Gasteiger partial charge on any atom is 0.180 e. The molecule has 0 aliphatic rings. The number of benzene rings is 3. The van der Waals surface area contributed by atoms with Crippen molar-refractivity contribution in [3.8, 4) is 45.8 Å². The number of unbranched alkanes of at least 4 members (excludes halogenated alkanes) is 2. The van der Waals surface area contributed by atoms with E-state index in [-0.39, 0.29) is 11.5 Å². The Labute approximate surface area is 337 Å². The third-order valence-corrected chi connectivity index (χ3v) is 11.9. The topological polar surface area (TPSA) is 84.1 Å². The molecule has 6 nitrogen and oxygen atoms in total. The predicted octanol–water partition coefficient (Wildman–Crippen LogP) is 13.3. The second-order valence-corrected chi connectivity index (χ2v) is 15.9. The van der Waals surface area contributed by atoms with Crippen molar-refractivity contribution in [1.29, 1.82) is 0 Å². The average molecular weight is 757 g/mol. The van der Waals surface area contributed by atoms with Crippen molar-refractivity contribution in [1.82, 2.24) is 19.5 Å². The van der Waals surface area contributed by atoms with Crippen LogP contribution in [0.15, 0.2) is 72.9 Å². The lowest BCUT2D eigenvalue weighted by Gasteiger charge is -2.19. The Balaban J connectivity index is 1.61. The van der Waals surface area contributed by atoms with Crippen LogP contribution in [0.4, 0.5) is 0 Å². The summed E-state index contributed by atoms with van der Waals surface area (Å²) >= 11 is 0. The standard InChI is InChI=1S/C50H68N4O2/c1-7-13-21-36(11-5)26-28-39-30-32-43(46(55)41(39)19-9-3)48-51-49(53-50(52-48)45-25-18-34-54(45)35-38-23-16-15-17-24-38)44-33-31-40(42(20-10-4)47(44)56)29-27-37(12-6)22-14-8-2/h15-18,23-25,30-34,36-37,55-56H,7-14,19-22,26-29,35H2,1-6H3. The molecule has 2 aromatic heterocycles. The fraction of sp³-hybridized carbons (Fsp3) is 0.500. The molecular weight excluding hydrogens is 689 g/mol. The van der Waals surface area contributed by atoms with Crippen molar-refractivity contribution in [3.63, 3.8) is 0 Å². The summed E-state index contributed by atoms with van der Waals surface area (Å²) < 4.78 is 2.15. The SMILES string of the molecule is CCCCC(CC)CCc1ccc(-c2nc(-c3ccc(CCC(CC)CCCC)c(CCC)c3O)nc(-c3cccn3Cc3ccccc3)n2)c(O)c1CCC. The van der Waals surface area contributed by atoms with Gasteiger partial charge in [-0.15, -0.1) is 0 Å². The van der Waals surface area contributed by atoms with Gasteiger partial charge in [0, 0.05) is 12.7 Å². The number of aromatic hydroxyl groups is 2. The van der Waals surface area contributed by atoms with E-state index in [1.807, 2.05) is 30.3 Å². The molecule has 2 N–H and O–H groups in total. The summed E-state index contributed by atoms with van der Waals surface area (Å²) in [7, 11) is 0. The number of rotatable bonds is 23. The van der Waals surface area contributed by atoms with Crippen molar-refractivity contribution >= 4 is 0 Å². The minimum atomic E-state index is 0.258. The number of hydrogen-bond donors (Lipinski definition) is 2. The Morgan fingerprint density at radius 2 is 1.02 bits per heavy atom. The summed E-state index contributed by atoms with van der Waals surface area (Å²) in [6.45, 7) is 14.1. The zero-order valence-electron chi connectivity index (χ0n) is 35.3. The van der Waals surface area contributed by atoms with E-state index in [4.69, 9.17) is 15.0 Å². The first kappa shape index (κ1) is 42.7. The molecule has 0 saturated carbocycles. The molecule has 3 aromatic carbocycles. The quantitative estimate of drug-likeness (QED) is 0.0693. The summed E-state index contributed by atoms with van der Waals surface area (Å²) in [6.07, 6.45) is 19.5. The highest BCUT2D eigenvalue weighted by Gasteiger charge is 2.23. The van der Waals surface area contributed by atoms with E-state index in [0.717, 1.165) is 68.2 Å². The lowest BCUT2D eigenvalue weighted by Crippen LogP contribution is -2.07. The van der Waals surface area contributed by atoms with Crippen molar-refractivity contribution in [2.24, 2.45) is 11.8 Å². The maximum absolute atomic E-state index is 12.1. The summed E-state index contributed by atoms with van der Waals surface area (Å²) in [5.74, 6) is 3.24. The van der Waals surface area contributed by atoms with Gasteiger partial charge < -0.3 is 14.8 Å². The molecule has 300 valence electrons. The lowest BCUT2D eigenvalue weighted by atomic mass is 9.89. The zero-order chi connectivity index (χ0) is 39.9. The van der Waals surface area contributed by atoms with Crippen LogP contribution in [0.1, 0.15) is 146 Å². The van der Waals surface area contributed by atoms with Gasteiger partial charge in [-0.2, -0.15) is 0 Å². The van der Waals surface area contributed by atoms with Gasteiger partial charge in [-0.3, -0.25) is 0 Å². The van der Waals surface area contributed by atoms with Crippen LogP contribution in [0, 0.1) is 11.8 Å². The van der Waals surface area contributed by atoms with E-state index in [1.165, 1.54) is 68.1 Å². The molecule has 0 aliphatic carbocycles. The van der Waals surface area contributed by atoms with E-state index >= 15 is 0 Å². The van der Waals surface area contributed by atoms with E-state index in [9.17, 15) is 10.2 Å². The molecule has 2 heterocycles. The second-order valence-electron chi connectivity index (χ2n) is 15.9. The maximum atomic E-state index is 12.1. The molecule has 0 saturated heterocycles. The Morgan fingerprint density at radius 3 is 1.48 bits per heavy atom. The van der Waals surface area contributed by atoms with Crippen LogP contribution >= 0.6 is 0 Å². The fourth-order valence-electron chi connectivity index (χ4n) is 8.32. The Kier molecular flexibility index (Phi) is 16.6. The van der Waals surface area contributed by atoms with E-state index in [0.29, 0.717) is 47.0 Å². The molecule has 0 amide bonds. The average Bonchev–Trinajstić information content (AvgIpc) is 3.68. The van der Waals surface area contributed by atoms with Crippen LogP contribution in [-0.2, 0) is 32.2 Å². The first-order valence-electron chi connectivity index (χ1n) is 22.0. The van der Waals surface area contributed by atoms with Gasteiger partial charge in [0.1, 0.15) is 11.5 Å². The number of hydrogen-bond acceptors (Lipinski definition) is 5. The number of phenolic OH excluding ortho intramolecular Hbond substituents is 2. The third-order valence-electron chi connectivity index (χ3n) is 11.9. The molecule has 5 rings (SSSR count). The van der Waals surface area contributed by atoms with Gasteiger partial charge in [-0.1, -0.05) is 148 Å². The highest BCUT2D eigenvalue weighted by atomic mass is 16.3. The molecule has 56 heavy (non-hydrogen) atoms. The largest absolute Gasteiger partial charge is 0.507 e. The Hall–Kier alpha value is -4.45. The van der Waals surface area contributed by atoms with Gasteiger partial charge in [0.05, 0.1) is 16.8 Å². The van der Waals surface area contributed by atoms with Crippen LogP contribution in [0.3, 0.4) is 0 Å². The zero-order valence-corrected chi connectivity index (χ0v) is 35.3. The summed E-state index contributed by atoms with van der Waals surface area (Å²) in [5.41, 5.74) is 7.64. The molecule has 0 bridgehead atoms. The van der Waals surface area contributed by atoms with Gasteiger partial charge in [0.25, 0.3) is 0 Å². The van der Waals surface area contributed by atoms with Crippen LogP contribution in [0.5, 0.6) is 11.5 Å². The highest BCUT2D eigenvalue weighted by Crippen LogP contribution is 2.39. The minimum Gasteiger partial charge on any atom is -0.507 e. The predicted molar refractivity (Wildman–Crippen MR) is 234 cm³/mol. The molecule has 5 aromatic rings. The molecule has 0 radical (unpaired) electrons. The Bertz CT molecular complexity index is 1850. The van der Waals surface area contributed by atoms with Crippen molar-refractivity contribution in [2.45, 2.75) is 151 Å². The molecule has 2 unspecified atom stereocenters. The number of aromatic nitrogens is 4. The summed E-state index contributed by atoms with van der Waals surface area (Å²) in [4.78, 5) is 15.3. The highest BCUT2D eigenvalue weighted by molar-refractivity contribution is 5.74. The summed E-state index contributed by atoms with van der Waals surface area (Å²) in [5, 5.41) is 24.2. The van der Waals surface area contributed by atoms with Gasteiger partial charge in [0.15, 0.2) is 17.5 Å². The smallest absolute Gasteiger partial charge is 0.180 e. The van der Waals surface area contributed by atoms with E-state index in [2.05, 4.69) is 88.7 Å². The van der Waals surface area contributed by atoms with Crippen LogP contribution < -0.4 is 0 Å². The molecule has 2 atom stereocenters. The van der Waals surface area contributed by atoms with Crippen LogP contribution in [0.25, 0.3) is 34.3 Å².